The van der Waals surface area contributed by atoms with Gasteiger partial charge in [-0.1, -0.05) is 35.8 Å². The Morgan fingerprint density at radius 2 is 2.10 bits per heavy atom. The smallest absolute Gasteiger partial charge is 0.228 e. The van der Waals surface area contributed by atoms with Gasteiger partial charge in [-0.3, -0.25) is 4.99 Å². The van der Waals surface area contributed by atoms with E-state index in [1.165, 1.54) is 4.88 Å². The predicted molar refractivity (Wildman–Crippen MR) is 133 cm³/mol. The number of benzene rings is 1. The summed E-state index contributed by atoms with van der Waals surface area (Å²) in [6.45, 7) is 6.30. The topological polar surface area (TPSA) is 88.2 Å². The maximum absolute atomic E-state index is 6.02. The van der Waals surface area contributed by atoms with Crippen LogP contribution in [0, 0.1) is 0 Å². The molecule has 1 aromatic carbocycles. The molecule has 7 nitrogen and oxygen atoms in total. The lowest BCUT2D eigenvalue weighted by molar-refractivity contribution is 0.378. The van der Waals surface area contributed by atoms with E-state index in [4.69, 9.17) is 16.1 Å². The monoisotopic (exact) mass is 560 g/mol. The molecule has 0 aliphatic rings. The van der Waals surface area contributed by atoms with Gasteiger partial charge in [-0.05, 0) is 25.5 Å². The van der Waals surface area contributed by atoms with Gasteiger partial charge in [0.1, 0.15) is 0 Å². The molecule has 162 valence electrons. The first-order valence-corrected chi connectivity index (χ1v) is 10.9. The Kier molecular flexibility index (Phi) is 10.5. The second kappa shape index (κ2) is 12.9. The van der Waals surface area contributed by atoms with E-state index in [0.29, 0.717) is 36.2 Å². The van der Waals surface area contributed by atoms with Gasteiger partial charge >= 0.3 is 0 Å². The van der Waals surface area contributed by atoms with Gasteiger partial charge in [-0.25, -0.2) is 4.98 Å². The number of nitrogens with one attached hydrogen (secondary N) is 2. The van der Waals surface area contributed by atoms with Gasteiger partial charge in [0.2, 0.25) is 11.7 Å². The largest absolute Gasteiger partial charge is 0.357 e. The Labute approximate surface area is 202 Å². The number of aromatic nitrogens is 3. The SMILES string of the molecule is CCNC(=NCCc1ncc(CC)s1)NCCc1nc(-c2cccc(Cl)c2)no1.I. The second-order valence-corrected chi connectivity index (χ2v) is 7.92. The third-order valence-electron chi connectivity index (χ3n) is 4.07. The molecule has 0 radical (unpaired) electrons. The van der Waals surface area contributed by atoms with Crippen molar-refractivity contribution in [2.75, 3.05) is 19.6 Å². The number of nitrogens with zero attached hydrogens (tertiary/aromatic N) is 4. The van der Waals surface area contributed by atoms with Crippen molar-refractivity contribution in [3.05, 3.63) is 51.3 Å². The standard InChI is InChI=1S/C20H25ClN6OS.HI/c1-3-16-13-25-18(29-16)9-11-24-20(22-4-2)23-10-8-17-26-19(27-28-17)14-6-5-7-15(21)12-14;/h5-7,12-13H,3-4,8-11H2,1-2H3,(H2,22,23,24);1H. The van der Waals surface area contributed by atoms with E-state index in [2.05, 4.69) is 37.7 Å². The molecule has 2 N–H and O–H groups in total. The van der Waals surface area contributed by atoms with Gasteiger partial charge in [0.25, 0.3) is 0 Å². The number of aliphatic imine (C=N–C) groups is 1. The fourth-order valence-electron chi connectivity index (χ4n) is 2.62. The van der Waals surface area contributed by atoms with Gasteiger partial charge in [0.15, 0.2) is 5.96 Å². The molecule has 0 fully saturated rings. The molecule has 0 bridgehead atoms. The minimum absolute atomic E-state index is 0. The molecular weight excluding hydrogens is 535 g/mol. The molecule has 3 aromatic rings. The fraction of sp³-hybridized carbons (Fsp3) is 0.400. The molecule has 0 aliphatic heterocycles. The Hall–Kier alpha value is -1.72. The highest BCUT2D eigenvalue weighted by atomic mass is 127. The third kappa shape index (κ3) is 7.51. The molecule has 2 aromatic heterocycles. The summed E-state index contributed by atoms with van der Waals surface area (Å²) in [6.07, 6.45) is 4.42. The summed E-state index contributed by atoms with van der Waals surface area (Å²) in [6, 6.07) is 7.40. The van der Waals surface area contributed by atoms with Crippen LogP contribution in [0.1, 0.15) is 29.6 Å². The predicted octanol–water partition coefficient (Wildman–Crippen LogP) is 4.37. The average molecular weight is 561 g/mol. The normalized spacial score (nSPS) is 11.2. The number of thiazole rings is 1. The van der Waals surface area contributed by atoms with Crippen LogP contribution in [-0.2, 0) is 19.3 Å². The maximum atomic E-state index is 6.02. The number of hydrogen-bond acceptors (Lipinski definition) is 6. The first-order chi connectivity index (χ1) is 14.2. The van der Waals surface area contributed by atoms with Crippen molar-refractivity contribution in [2.24, 2.45) is 4.99 Å². The number of aryl methyl sites for hydroxylation is 1. The Bertz CT molecular complexity index is 945. The molecule has 0 atom stereocenters. The highest BCUT2D eigenvalue weighted by Crippen LogP contribution is 2.20. The van der Waals surface area contributed by atoms with Crippen LogP contribution in [0.3, 0.4) is 0 Å². The third-order valence-corrected chi connectivity index (χ3v) is 5.51. The number of halogens is 2. The van der Waals surface area contributed by atoms with Crippen LogP contribution in [0.4, 0.5) is 0 Å². The van der Waals surface area contributed by atoms with E-state index in [1.807, 2.05) is 37.4 Å². The maximum Gasteiger partial charge on any atom is 0.228 e. The lowest BCUT2D eigenvalue weighted by Gasteiger charge is -2.09. The highest BCUT2D eigenvalue weighted by molar-refractivity contribution is 14.0. The van der Waals surface area contributed by atoms with E-state index in [9.17, 15) is 0 Å². The molecule has 0 aliphatic carbocycles. The lowest BCUT2D eigenvalue weighted by Crippen LogP contribution is -2.38. The average Bonchev–Trinajstić information content (AvgIpc) is 3.37. The van der Waals surface area contributed by atoms with Crippen LogP contribution in [0.5, 0.6) is 0 Å². The second-order valence-electron chi connectivity index (χ2n) is 6.28. The van der Waals surface area contributed by atoms with E-state index in [-0.39, 0.29) is 24.0 Å². The van der Waals surface area contributed by atoms with Crippen LogP contribution in [-0.4, -0.2) is 40.7 Å². The van der Waals surface area contributed by atoms with Crippen LogP contribution in [0.15, 0.2) is 40.0 Å². The minimum Gasteiger partial charge on any atom is -0.357 e. The van der Waals surface area contributed by atoms with Crippen LogP contribution in [0.25, 0.3) is 11.4 Å². The number of hydrogen-bond donors (Lipinski definition) is 2. The zero-order valence-corrected chi connectivity index (χ0v) is 20.9. The summed E-state index contributed by atoms with van der Waals surface area (Å²) in [5.41, 5.74) is 0.837. The first-order valence-electron chi connectivity index (χ1n) is 9.72. The van der Waals surface area contributed by atoms with E-state index >= 15 is 0 Å². The molecule has 0 spiro atoms. The van der Waals surface area contributed by atoms with Gasteiger partial charge < -0.3 is 15.2 Å². The summed E-state index contributed by atoms with van der Waals surface area (Å²) in [4.78, 5) is 14.8. The van der Waals surface area contributed by atoms with Crippen molar-refractivity contribution in [3.8, 4) is 11.4 Å². The quantitative estimate of drug-likeness (QED) is 0.230. The zero-order valence-electron chi connectivity index (χ0n) is 17.0. The zero-order chi connectivity index (χ0) is 20.5. The number of guanidine groups is 1. The summed E-state index contributed by atoms with van der Waals surface area (Å²) >= 11 is 7.78. The summed E-state index contributed by atoms with van der Waals surface area (Å²) in [5, 5.41) is 12.4. The lowest BCUT2D eigenvalue weighted by atomic mass is 10.2. The molecule has 3 rings (SSSR count). The Morgan fingerprint density at radius 3 is 2.83 bits per heavy atom. The fourth-order valence-corrected chi connectivity index (χ4v) is 3.66. The van der Waals surface area contributed by atoms with Crippen molar-refractivity contribution in [2.45, 2.75) is 33.1 Å². The first kappa shape index (κ1) is 24.5. The van der Waals surface area contributed by atoms with E-state index < -0.39 is 0 Å². The van der Waals surface area contributed by atoms with Crippen LogP contribution in [0.2, 0.25) is 5.02 Å². The van der Waals surface area contributed by atoms with Crippen molar-refractivity contribution < 1.29 is 4.52 Å². The highest BCUT2D eigenvalue weighted by Gasteiger charge is 2.09. The Morgan fingerprint density at radius 1 is 1.23 bits per heavy atom. The van der Waals surface area contributed by atoms with Crippen molar-refractivity contribution >= 4 is 52.9 Å². The minimum atomic E-state index is 0. The molecule has 0 unspecified atom stereocenters. The molecule has 0 amide bonds. The van der Waals surface area contributed by atoms with Crippen molar-refractivity contribution in [1.29, 1.82) is 0 Å². The van der Waals surface area contributed by atoms with E-state index in [1.54, 1.807) is 11.3 Å². The molecular formula is C20H26ClIN6OS. The molecule has 2 heterocycles. The van der Waals surface area contributed by atoms with E-state index in [0.717, 1.165) is 35.9 Å². The number of rotatable bonds is 9. The summed E-state index contributed by atoms with van der Waals surface area (Å²) in [5.74, 6) is 1.88. The molecule has 30 heavy (non-hydrogen) atoms. The van der Waals surface area contributed by atoms with Crippen molar-refractivity contribution in [1.82, 2.24) is 25.8 Å². The molecule has 10 heteroatoms. The molecule has 0 saturated heterocycles. The Balaban J connectivity index is 0.00000320. The van der Waals surface area contributed by atoms with Crippen molar-refractivity contribution in [3.63, 3.8) is 0 Å². The molecule has 0 saturated carbocycles. The summed E-state index contributed by atoms with van der Waals surface area (Å²) < 4.78 is 5.34. The van der Waals surface area contributed by atoms with Gasteiger partial charge in [0, 0.05) is 54.1 Å². The van der Waals surface area contributed by atoms with Gasteiger partial charge in [-0.2, -0.15) is 4.98 Å². The van der Waals surface area contributed by atoms with Crippen LogP contribution >= 0.6 is 46.9 Å². The van der Waals surface area contributed by atoms with Gasteiger partial charge in [-0.15, -0.1) is 35.3 Å². The summed E-state index contributed by atoms with van der Waals surface area (Å²) in [7, 11) is 0. The van der Waals surface area contributed by atoms with Crippen LogP contribution < -0.4 is 10.6 Å². The van der Waals surface area contributed by atoms with Gasteiger partial charge in [0.05, 0.1) is 5.01 Å².